The summed E-state index contributed by atoms with van der Waals surface area (Å²) in [5.41, 5.74) is -0.858. The van der Waals surface area contributed by atoms with E-state index < -0.39 is 29.1 Å². The molecule has 37 heavy (non-hydrogen) atoms. The smallest absolute Gasteiger partial charge is 0.432 e. The van der Waals surface area contributed by atoms with Crippen molar-refractivity contribution >= 4 is 39.9 Å². The van der Waals surface area contributed by atoms with Gasteiger partial charge in [0.2, 0.25) is 5.89 Å². The van der Waals surface area contributed by atoms with E-state index in [2.05, 4.69) is 15.2 Å². The number of halogens is 5. The van der Waals surface area contributed by atoms with Gasteiger partial charge < -0.3 is 13.7 Å². The SMILES string of the molecule is COc1ccc2c(c1)c(C(=O)c1nnc(-c3ccncc3)o1)c(C(F)(F)F)n2Cc1ccc(Cl)cc1Cl. The summed E-state index contributed by atoms with van der Waals surface area (Å²) >= 11 is 12.2. The van der Waals surface area contributed by atoms with Crippen molar-refractivity contribution in [2.75, 3.05) is 7.11 Å². The van der Waals surface area contributed by atoms with E-state index in [0.717, 1.165) is 4.57 Å². The molecule has 0 atom stereocenters. The number of rotatable bonds is 6. The summed E-state index contributed by atoms with van der Waals surface area (Å²) in [5.74, 6) is -1.45. The molecule has 5 aromatic rings. The molecule has 0 amide bonds. The van der Waals surface area contributed by atoms with Gasteiger partial charge in [-0.05, 0) is 48.0 Å². The van der Waals surface area contributed by atoms with Crippen molar-refractivity contribution < 1.29 is 27.1 Å². The summed E-state index contributed by atoms with van der Waals surface area (Å²) in [6, 6.07) is 11.9. The molecule has 0 radical (unpaired) electrons. The predicted molar refractivity (Wildman–Crippen MR) is 130 cm³/mol. The molecular weight excluding hydrogens is 532 g/mol. The van der Waals surface area contributed by atoms with E-state index >= 15 is 0 Å². The lowest BCUT2D eigenvalue weighted by Gasteiger charge is -2.15. The molecule has 12 heteroatoms. The van der Waals surface area contributed by atoms with Gasteiger partial charge in [-0.1, -0.05) is 29.3 Å². The summed E-state index contributed by atoms with van der Waals surface area (Å²) in [6.07, 6.45) is -1.97. The lowest BCUT2D eigenvalue weighted by molar-refractivity contribution is -0.143. The Hall–Kier alpha value is -3.89. The highest BCUT2D eigenvalue weighted by Gasteiger charge is 2.42. The first-order chi connectivity index (χ1) is 17.7. The van der Waals surface area contributed by atoms with E-state index in [1.807, 2.05) is 0 Å². The average molecular weight is 547 g/mol. The number of carbonyl (C=O) groups excluding carboxylic acids is 1. The number of fused-ring (bicyclic) bond motifs is 1. The third-order valence-electron chi connectivity index (χ3n) is 5.66. The van der Waals surface area contributed by atoms with Crippen molar-refractivity contribution in [3.8, 4) is 17.2 Å². The number of methoxy groups -OCH3 is 1. The molecule has 0 N–H and O–H groups in total. The minimum absolute atomic E-state index is 0.00502. The minimum atomic E-state index is -4.93. The fraction of sp³-hybridized carbons (Fsp3) is 0.120. The van der Waals surface area contributed by atoms with Crippen molar-refractivity contribution in [2.45, 2.75) is 12.7 Å². The fourth-order valence-electron chi connectivity index (χ4n) is 4.00. The van der Waals surface area contributed by atoms with Gasteiger partial charge in [0.25, 0.3) is 11.7 Å². The number of carbonyl (C=O) groups is 1. The Labute approximate surface area is 217 Å². The van der Waals surface area contributed by atoms with Crippen LogP contribution in [0.4, 0.5) is 13.2 Å². The number of benzene rings is 2. The lowest BCUT2D eigenvalue weighted by Crippen LogP contribution is -2.19. The molecule has 5 rings (SSSR count). The van der Waals surface area contributed by atoms with Gasteiger partial charge in [0.15, 0.2) is 0 Å². The number of pyridine rings is 1. The van der Waals surface area contributed by atoms with E-state index in [-0.39, 0.29) is 34.1 Å². The fourth-order valence-corrected chi connectivity index (χ4v) is 4.47. The maximum atomic E-state index is 14.6. The van der Waals surface area contributed by atoms with Gasteiger partial charge in [-0.15, -0.1) is 10.2 Å². The van der Waals surface area contributed by atoms with Gasteiger partial charge in [0.1, 0.15) is 11.4 Å². The molecule has 2 aromatic carbocycles. The quantitative estimate of drug-likeness (QED) is 0.220. The standard InChI is InChI=1S/C25H15Cl2F3N4O3/c1-36-16-4-5-19-17(11-16)20(21(35)24-33-32-23(37-24)13-6-8-31-9-7-13)22(25(28,29)30)34(19)12-14-2-3-15(26)10-18(14)27/h2-11H,12H2,1H3. The van der Waals surface area contributed by atoms with Crippen LogP contribution in [0.1, 0.15) is 27.5 Å². The van der Waals surface area contributed by atoms with Crippen LogP contribution < -0.4 is 4.74 Å². The van der Waals surface area contributed by atoms with E-state index in [1.54, 1.807) is 12.1 Å². The zero-order chi connectivity index (χ0) is 26.3. The second-order valence-corrected chi connectivity index (χ2v) is 8.75. The van der Waals surface area contributed by atoms with Gasteiger partial charge in [0, 0.05) is 45.5 Å². The number of nitrogens with zero attached hydrogens (tertiary/aromatic N) is 4. The first-order valence-electron chi connectivity index (χ1n) is 10.7. The van der Waals surface area contributed by atoms with Crippen LogP contribution in [-0.2, 0) is 12.7 Å². The first-order valence-corrected chi connectivity index (χ1v) is 11.4. The number of hydrogen-bond donors (Lipinski definition) is 0. The summed E-state index contributed by atoms with van der Waals surface area (Å²) in [7, 11) is 1.37. The zero-order valence-corrected chi connectivity index (χ0v) is 20.4. The van der Waals surface area contributed by atoms with Gasteiger partial charge in [-0.25, -0.2) is 0 Å². The van der Waals surface area contributed by atoms with Crippen LogP contribution in [0.5, 0.6) is 5.75 Å². The van der Waals surface area contributed by atoms with Gasteiger partial charge in [-0.2, -0.15) is 13.2 Å². The number of ketones is 1. The van der Waals surface area contributed by atoms with Crippen molar-refractivity contribution in [3.05, 3.63) is 93.7 Å². The third-order valence-corrected chi connectivity index (χ3v) is 6.24. The predicted octanol–water partition coefficient (Wildman–Crippen LogP) is 6.70. The van der Waals surface area contributed by atoms with Crippen molar-refractivity contribution in [2.24, 2.45) is 0 Å². The maximum Gasteiger partial charge on any atom is 0.432 e. The van der Waals surface area contributed by atoms with Crippen LogP contribution >= 0.6 is 23.2 Å². The lowest BCUT2D eigenvalue weighted by atomic mass is 10.1. The monoisotopic (exact) mass is 546 g/mol. The molecule has 0 aliphatic rings. The van der Waals surface area contributed by atoms with Gasteiger partial charge >= 0.3 is 6.18 Å². The normalized spacial score (nSPS) is 11.7. The largest absolute Gasteiger partial charge is 0.497 e. The van der Waals surface area contributed by atoms with Crippen LogP contribution in [0.25, 0.3) is 22.4 Å². The maximum absolute atomic E-state index is 14.6. The highest BCUT2D eigenvalue weighted by atomic mass is 35.5. The molecule has 7 nitrogen and oxygen atoms in total. The number of alkyl halides is 3. The van der Waals surface area contributed by atoms with E-state index in [9.17, 15) is 18.0 Å². The van der Waals surface area contributed by atoms with Crippen LogP contribution in [-0.4, -0.2) is 32.6 Å². The Morgan fingerprint density at radius 2 is 1.81 bits per heavy atom. The van der Waals surface area contributed by atoms with E-state index in [1.165, 1.54) is 55.9 Å². The van der Waals surface area contributed by atoms with Gasteiger partial charge in [0.05, 0.1) is 12.7 Å². The summed E-state index contributed by atoms with van der Waals surface area (Å²) in [5, 5.41) is 8.08. The third kappa shape index (κ3) is 4.65. The Kier molecular flexibility index (Phi) is 6.38. The molecule has 0 unspecified atom stereocenters. The number of hydrogen-bond acceptors (Lipinski definition) is 6. The molecule has 0 fully saturated rings. The van der Waals surface area contributed by atoms with Crippen LogP contribution in [0.3, 0.4) is 0 Å². The molecule has 188 valence electrons. The summed E-state index contributed by atoms with van der Waals surface area (Å²) in [4.78, 5) is 17.4. The van der Waals surface area contributed by atoms with Crippen molar-refractivity contribution in [1.82, 2.24) is 19.7 Å². The first kappa shape index (κ1) is 24.8. The van der Waals surface area contributed by atoms with E-state index in [4.69, 9.17) is 32.4 Å². The Morgan fingerprint density at radius 1 is 1.05 bits per heavy atom. The molecule has 0 aliphatic carbocycles. The topological polar surface area (TPSA) is 83.0 Å². The molecule has 0 saturated heterocycles. The van der Waals surface area contributed by atoms with Crippen LogP contribution in [0.2, 0.25) is 10.0 Å². The Bertz CT molecular complexity index is 1630. The molecular formula is C25H15Cl2F3N4O3. The molecule has 0 aliphatic heterocycles. The zero-order valence-electron chi connectivity index (χ0n) is 18.9. The average Bonchev–Trinajstić information content (AvgIpc) is 3.49. The molecule has 0 spiro atoms. The number of ether oxygens (including phenoxy) is 1. The number of aromatic nitrogens is 4. The Balaban J connectivity index is 1.73. The Morgan fingerprint density at radius 3 is 2.49 bits per heavy atom. The highest BCUT2D eigenvalue weighted by molar-refractivity contribution is 6.35. The second kappa shape index (κ2) is 9.53. The van der Waals surface area contributed by atoms with Crippen molar-refractivity contribution in [1.29, 1.82) is 0 Å². The summed E-state index contributed by atoms with van der Waals surface area (Å²) < 4.78 is 55.5. The van der Waals surface area contributed by atoms with Gasteiger partial charge in [-0.3, -0.25) is 9.78 Å². The van der Waals surface area contributed by atoms with Crippen LogP contribution in [0.15, 0.2) is 65.3 Å². The molecule has 3 heterocycles. The summed E-state index contributed by atoms with van der Waals surface area (Å²) in [6.45, 7) is -0.285. The highest BCUT2D eigenvalue weighted by Crippen LogP contribution is 2.41. The van der Waals surface area contributed by atoms with Crippen LogP contribution in [0, 0.1) is 0 Å². The molecule has 0 saturated carbocycles. The van der Waals surface area contributed by atoms with E-state index in [0.29, 0.717) is 16.1 Å². The minimum Gasteiger partial charge on any atom is -0.497 e. The molecule has 0 bridgehead atoms. The van der Waals surface area contributed by atoms with Crippen molar-refractivity contribution in [3.63, 3.8) is 0 Å². The molecule has 3 aromatic heterocycles. The second-order valence-electron chi connectivity index (χ2n) is 7.90.